The minimum Gasteiger partial charge on any atom is -0.388 e. The molecule has 0 aliphatic carbocycles. The van der Waals surface area contributed by atoms with Crippen molar-refractivity contribution >= 4 is 17.1 Å². The zero-order chi connectivity index (χ0) is 13.8. The van der Waals surface area contributed by atoms with Crippen LogP contribution in [-0.4, -0.2) is 43.0 Å². The third-order valence-corrected chi connectivity index (χ3v) is 3.63. The molecule has 6 heteroatoms. The fourth-order valence-electron chi connectivity index (χ4n) is 2.44. The van der Waals surface area contributed by atoms with E-state index in [2.05, 4.69) is 22.6 Å². The van der Waals surface area contributed by atoms with E-state index in [1.807, 2.05) is 6.07 Å². The Morgan fingerprint density at radius 2 is 2.16 bits per heavy atom. The van der Waals surface area contributed by atoms with Crippen molar-refractivity contribution in [1.29, 1.82) is 0 Å². The van der Waals surface area contributed by atoms with E-state index in [1.54, 1.807) is 13.1 Å². The molecule has 19 heavy (non-hydrogen) atoms. The highest BCUT2D eigenvalue weighted by Crippen LogP contribution is 2.24. The standard InChI is InChI=1S/C13H20N4O2/c1-14-10-6-11(8-13(7-10)17(18)19)15-9-12-4-3-5-16(12)2/h6-8,12,14-15H,3-5,9H2,1-2H3. The van der Waals surface area contributed by atoms with Crippen molar-refractivity contribution in [2.45, 2.75) is 18.9 Å². The van der Waals surface area contributed by atoms with E-state index in [-0.39, 0.29) is 10.6 Å². The van der Waals surface area contributed by atoms with Gasteiger partial charge in [-0.2, -0.15) is 0 Å². The van der Waals surface area contributed by atoms with Gasteiger partial charge in [0.1, 0.15) is 0 Å². The summed E-state index contributed by atoms with van der Waals surface area (Å²) in [5.41, 5.74) is 1.64. The lowest BCUT2D eigenvalue weighted by atomic mass is 10.2. The summed E-state index contributed by atoms with van der Waals surface area (Å²) < 4.78 is 0. The first kappa shape index (κ1) is 13.6. The number of nitro benzene ring substituents is 1. The largest absolute Gasteiger partial charge is 0.388 e. The van der Waals surface area contributed by atoms with Gasteiger partial charge in [0, 0.05) is 43.1 Å². The maximum atomic E-state index is 10.9. The molecule has 1 atom stereocenters. The molecule has 1 aromatic rings. The van der Waals surface area contributed by atoms with Crippen molar-refractivity contribution in [3.8, 4) is 0 Å². The quantitative estimate of drug-likeness (QED) is 0.630. The highest BCUT2D eigenvalue weighted by Gasteiger charge is 2.20. The lowest BCUT2D eigenvalue weighted by molar-refractivity contribution is -0.384. The number of nitrogens with zero attached hydrogens (tertiary/aromatic N) is 2. The fourth-order valence-corrected chi connectivity index (χ4v) is 2.44. The molecule has 1 aromatic carbocycles. The molecule has 6 nitrogen and oxygen atoms in total. The topological polar surface area (TPSA) is 70.4 Å². The summed E-state index contributed by atoms with van der Waals surface area (Å²) in [6.45, 7) is 1.95. The van der Waals surface area contributed by atoms with Crippen LogP contribution in [0.3, 0.4) is 0 Å². The number of hydrogen-bond donors (Lipinski definition) is 2. The summed E-state index contributed by atoms with van der Waals surface area (Å²) in [6, 6.07) is 5.52. The zero-order valence-electron chi connectivity index (χ0n) is 11.3. The van der Waals surface area contributed by atoms with Crippen molar-refractivity contribution in [2.75, 3.05) is 37.8 Å². The predicted molar refractivity (Wildman–Crippen MR) is 76.8 cm³/mol. The minimum absolute atomic E-state index is 0.106. The number of non-ortho nitro benzene ring substituents is 1. The normalized spacial score (nSPS) is 19.4. The minimum atomic E-state index is -0.367. The van der Waals surface area contributed by atoms with Crippen molar-refractivity contribution in [3.05, 3.63) is 28.3 Å². The van der Waals surface area contributed by atoms with E-state index in [0.29, 0.717) is 6.04 Å². The second-order valence-electron chi connectivity index (χ2n) is 4.93. The molecule has 0 spiro atoms. The highest BCUT2D eigenvalue weighted by atomic mass is 16.6. The molecule has 0 bridgehead atoms. The van der Waals surface area contributed by atoms with E-state index in [4.69, 9.17) is 0 Å². The summed E-state index contributed by atoms with van der Waals surface area (Å²) in [6.07, 6.45) is 2.40. The molecule has 2 N–H and O–H groups in total. The van der Waals surface area contributed by atoms with Crippen LogP contribution in [0, 0.1) is 10.1 Å². The molecule has 0 saturated carbocycles. The molecule has 104 valence electrons. The summed E-state index contributed by atoms with van der Waals surface area (Å²) in [7, 11) is 3.87. The Morgan fingerprint density at radius 1 is 1.42 bits per heavy atom. The monoisotopic (exact) mass is 264 g/mol. The Bertz CT molecular complexity index is 464. The molecule has 1 aliphatic rings. The van der Waals surface area contributed by atoms with Gasteiger partial charge in [0.15, 0.2) is 0 Å². The van der Waals surface area contributed by atoms with Crippen molar-refractivity contribution in [3.63, 3.8) is 0 Å². The van der Waals surface area contributed by atoms with E-state index in [0.717, 1.165) is 24.5 Å². The summed E-state index contributed by atoms with van der Waals surface area (Å²) in [4.78, 5) is 12.8. The first-order valence-corrected chi connectivity index (χ1v) is 6.51. The van der Waals surface area contributed by atoms with Crippen LogP contribution in [0.25, 0.3) is 0 Å². The lowest BCUT2D eigenvalue weighted by Gasteiger charge is -2.20. The number of benzene rings is 1. The first-order valence-electron chi connectivity index (χ1n) is 6.51. The second-order valence-corrected chi connectivity index (χ2v) is 4.93. The number of likely N-dealkylation sites (tertiary alicyclic amines) is 1. The number of nitro groups is 1. The van der Waals surface area contributed by atoms with Crippen LogP contribution in [0.2, 0.25) is 0 Å². The highest BCUT2D eigenvalue weighted by molar-refractivity contribution is 5.63. The van der Waals surface area contributed by atoms with E-state index in [9.17, 15) is 10.1 Å². The van der Waals surface area contributed by atoms with Crippen LogP contribution in [-0.2, 0) is 0 Å². The summed E-state index contributed by atoms with van der Waals surface area (Å²) >= 11 is 0. The number of rotatable bonds is 5. The average molecular weight is 264 g/mol. The first-order chi connectivity index (χ1) is 9.10. The number of anilines is 2. The zero-order valence-corrected chi connectivity index (χ0v) is 11.3. The molecule has 0 amide bonds. The van der Waals surface area contributed by atoms with Crippen LogP contribution in [0.5, 0.6) is 0 Å². The van der Waals surface area contributed by atoms with Gasteiger partial charge in [0.05, 0.1) is 4.92 Å². The van der Waals surface area contributed by atoms with E-state index in [1.165, 1.54) is 18.9 Å². The number of nitrogens with one attached hydrogen (secondary N) is 2. The van der Waals surface area contributed by atoms with Crippen LogP contribution in [0.4, 0.5) is 17.1 Å². The Kier molecular flexibility index (Phi) is 4.21. The summed E-state index contributed by atoms with van der Waals surface area (Å²) in [5, 5.41) is 17.1. The van der Waals surface area contributed by atoms with Gasteiger partial charge in [-0.3, -0.25) is 10.1 Å². The SMILES string of the molecule is CNc1cc(NCC2CCCN2C)cc([N+](=O)[O-])c1. The molecule has 0 radical (unpaired) electrons. The average Bonchev–Trinajstić information content (AvgIpc) is 2.81. The molecule has 1 fully saturated rings. The van der Waals surface area contributed by atoms with Gasteiger partial charge in [0.25, 0.3) is 5.69 Å². The van der Waals surface area contributed by atoms with Gasteiger partial charge in [-0.1, -0.05) is 0 Å². The van der Waals surface area contributed by atoms with Gasteiger partial charge < -0.3 is 15.5 Å². The van der Waals surface area contributed by atoms with Gasteiger partial charge >= 0.3 is 0 Å². The van der Waals surface area contributed by atoms with Crippen molar-refractivity contribution < 1.29 is 4.92 Å². The smallest absolute Gasteiger partial charge is 0.273 e. The number of hydrogen-bond acceptors (Lipinski definition) is 5. The van der Waals surface area contributed by atoms with Crippen molar-refractivity contribution in [1.82, 2.24) is 4.90 Å². The Hall–Kier alpha value is -1.82. The Morgan fingerprint density at radius 3 is 2.74 bits per heavy atom. The maximum Gasteiger partial charge on any atom is 0.273 e. The van der Waals surface area contributed by atoms with Gasteiger partial charge in [-0.05, 0) is 32.5 Å². The number of likely N-dealkylation sites (N-methyl/N-ethyl adjacent to an activating group) is 1. The molecule has 1 heterocycles. The van der Waals surface area contributed by atoms with Gasteiger partial charge in [0.2, 0.25) is 0 Å². The fraction of sp³-hybridized carbons (Fsp3) is 0.538. The molecule has 1 aliphatic heterocycles. The molecular weight excluding hydrogens is 244 g/mol. The molecular formula is C13H20N4O2. The Labute approximate surface area is 112 Å². The van der Waals surface area contributed by atoms with Crippen LogP contribution >= 0.6 is 0 Å². The molecule has 1 saturated heterocycles. The summed E-state index contributed by atoms with van der Waals surface area (Å²) in [5.74, 6) is 0. The third-order valence-electron chi connectivity index (χ3n) is 3.63. The van der Waals surface area contributed by atoms with Crippen molar-refractivity contribution in [2.24, 2.45) is 0 Å². The van der Waals surface area contributed by atoms with Crippen LogP contribution in [0.1, 0.15) is 12.8 Å². The van der Waals surface area contributed by atoms with Gasteiger partial charge in [-0.25, -0.2) is 0 Å². The molecule has 0 aromatic heterocycles. The second kappa shape index (κ2) is 5.88. The maximum absolute atomic E-state index is 10.9. The van der Waals surface area contributed by atoms with Crippen LogP contribution < -0.4 is 10.6 Å². The lowest BCUT2D eigenvalue weighted by Crippen LogP contribution is -2.31. The third kappa shape index (κ3) is 3.35. The Balaban J connectivity index is 2.06. The molecule has 2 rings (SSSR count). The van der Waals surface area contributed by atoms with E-state index < -0.39 is 0 Å². The predicted octanol–water partition coefficient (Wildman–Crippen LogP) is 2.14. The van der Waals surface area contributed by atoms with E-state index >= 15 is 0 Å². The van der Waals surface area contributed by atoms with Gasteiger partial charge in [-0.15, -0.1) is 0 Å². The molecule has 1 unspecified atom stereocenters. The van der Waals surface area contributed by atoms with Crippen LogP contribution in [0.15, 0.2) is 18.2 Å².